The molecule has 1 rings (SSSR count). The third-order valence-corrected chi connectivity index (χ3v) is 5.81. The number of urea groups is 2. The van der Waals surface area contributed by atoms with Crippen molar-refractivity contribution in [2.24, 2.45) is 11.5 Å². The number of amides is 4. The van der Waals surface area contributed by atoms with Crippen LogP contribution in [-0.2, 0) is 20.0 Å². The molecule has 0 bridgehead atoms. The van der Waals surface area contributed by atoms with E-state index in [0.717, 1.165) is 11.4 Å². The van der Waals surface area contributed by atoms with E-state index >= 15 is 0 Å². The van der Waals surface area contributed by atoms with E-state index in [4.69, 9.17) is 0 Å². The lowest BCUT2D eigenvalue weighted by Crippen LogP contribution is -2.44. The SMILES string of the molecule is NC(=O)NNS(=O)(=O)c1csc(S(=O)(=O)NNC(N)=O)c1. The predicted molar refractivity (Wildman–Crippen MR) is 70.4 cm³/mol. The van der Waals surface area contributed by atoms with Crippen molar-refractivity contribution in [3.63, 3.8) is 0 Å². The number of thiophene rings is 1. The summed E-state index contributed by atoms with van der Waals surface area (Å²) in [6, 6.07) is -1.48. The summed E-state index contributed by atoms with van der Waals surface area (Å²) in [5, 5.41) is 1.00. The van der Waals surface area contributed by atoms with Crippen LogP contribution in [0.3, 0.4) is 0 Å². The molecule has 0 aliphatic rings. The molecule has 0 aliphatic heterocycles. The summed E-state index contributed by atoms with van der Waals surface area (Å²) in [5.74, 6) is 0. The zero-order chi connectivity index (χ0) is 16.3. The van der Waals surface area contributed by atoms with Gasteiger partial charge >= 0.3 is 12.1 Å². The monoisotopic (exact) mass is 358 g/mol. The van der Waals surface area contributed by atoms with Crippen LogP contribution in [-0.4, -0.2) is 28.9 Å². The van der Waals surface area contributed by atoms with E-state index in [9.17, 15) is 26.4 Å². The van der Waals surface area contributed by atoms with Gasteiger partial charge in [0.15, 0.2) is 0 Å². The van der Waals surface area contributed by atoms with E-state index in [1.807, 2.05) is 0 Å². The van der Waals surface area contributed by atoms with Gasteiger partial charge in [0.05, 0.1) is 4.90 Å². The van der Waals surface area contributed by atoms with Gasteiger partial charge in [-0.2, -0.15) is 0 Å². The van der Waals surface area contributed by atoms with Crippen molar-refractivity contribution in [1.29, 1.82) is 0 Å². The molecule has 0 atom stereocenters. The Hall–Kier alpha value is -1.94. The van der Waals surface area contributed by atoms with E-state index in [1.165, 1.54) is 0 Å². The van der Waals surface area contributed by atoms with Crippen molar-refractivity contribution in [3.8, 4) is 0 Å². The molecule has 0 spiro atoms. The Balaban J connectivity index is 2.95. The summed E-state index contributed by atoms with van der Waals surface area (Å²) in [6.45, 7) is 0. The molecule has 0 fully saturated rings. The minimum absolute atomic E-state index is 0.407. The average molecular weight is 358 g/mol. The molecule has 12 nitrogen and oxygen atoms in total. The number of nitrogens with one attached hydrogen (secondary N) is 4. The van der Waals surface area contributed by atoms with Crippen molar-refractivity contribution in [2.75, 3.05) is 0 Å². The van der Waals surface area contributed by atoms with Crippen LogP contribution in [0.15, 0.2) is 20.6 Å². The van der Waals surface area contributed by atoms with Crippen LogP contribution in [0.1, 0.15) is 0 Å². The Morgan fingerprint density at radius 3 is 1.90 bits per heavy atom. The molecule has 0 radical (unpaired) electrons. The van der Waals surface area contributed by atoms with E-state index in [2.05, 4.69) is 11.5 Å². The van der Waals surface area contributed by atoms with Crippen molar-refractivity contribution in [3.05, 3.63) is 11.4 Å². The second kappa shape index (κ2) is 6.22. The first-order chi connectivity index (χ1) is 9.54. The fourth-order valence-corrected chi connectivity index (χ4v) is 4.24. The number of sulfonamides is 2. The van der Waals surface area contributed by atoms with Gasteiger partial charge in [-0.25, -0.2) is 26.4 Å². The summed E-state index contributed by atoms with van der Waals surface area (Å²) in [7, 11) is -8.36. The van der Waals surface area contributed by atoms with Crippen LogP contribution in [0, 0.1) is 0 Å². The van der Waals surface area contributed by atoms with Crippen molar-refractivity contribution in [2.45, 2.75) is 9.10 Å². The number of carbonyl (C=O) groups is 2. The number of hydrazine groups is 2. The van der Waals surface area contributed by atoms with Gasteiger partial charge in [0.2, 0.25) is 0 Å². The molecular weight excluding hydrogens is 348 g/mol. The maximum absolute atomic E-state index is 11.7. The summed E-state index contributed by atoms with van der Waals surface area (Å²) < 4.78 is 46.3. The number of carbonyl (C=O) groups excluding carboxylic acids is 2. The zero-order valence-electron chi connectivity index (χ0n) is 9.98. The smallest absolute Gasteiger partial charge is 0.327 e. The number of primary amides is 2. The second-order valence-corrected chi connectivity index (χ2v) is 7.79. The highest BCUT2D eigenvalue weighted by Gasteiger charge is 2.22. The number of hydrogen-bond donors (Lipinski definition) is 6. The molecular formula is C6H10N6O6S3. The van der Waals surface area contributed by atoms with Gasteiger partial charge in [0, 0.05) is 5.38 Å². The lowest BCUT2D eigenvalue weighted by molar-refractivity contribution is 0.246. The Kier molecular flexibility index (Phi) is 5.07. The van der Waals surface area contributed by atoms with E-state index < -0.39 is 41.2 Å². The molecule has 4 amide bonds. The minimum Gasteiger partial charge on any atom is -0.351 e. The molecule has 0 saturated heterocycles. The van der Waals surface area contributed by atoms with Crippen LogP contribution in [0.25, 0.3) is 0 Å². The standard InChI is InChI=1S/C6H10N6O6S3/c7-5(13)9-11-20(15,16)3-1-4(19-2-3)21(17,18)12-10-6(8)14/h1-2,11-12H,(H3,7,9,13)(H3,8,10,14). The molecule has 1 aromatic heterocycles. The first kappa shape index (κ1) is 17.1. The van der Waals surface area contributed by atoms with Crippen LogP contribution in [0.5, 0.6) is 0 Å². The Bertz CT molecular complexity index is 689. The summed E-state index contributed by atoms with van der Waals surface area (Å²) in [6.07, 6.45) is 0. The first-order valence-corrected chi connectivity index (χ1v) is 8.62. The largest absolute Gasteiger partial charge is 0.351 e. The molecule has 8 N–H and O–H groups in total. The first-order valence-electron chi connectivity index (χ1n) is 4.77. The Labute approximate surface area is 122 Å². The van der Waals surface area contributed by atoms with Crippen LogP contribution in [0.2, 0.25) is 0 Å². The summed E-state index contributed by atoms with van der Waals surface area (Å²) in [5.41, 5.74) is 12.7. The Morgan fingerprint density at radius 2 is 1.43 bits per heavy atom. The third kappa shape index (κ3) is 4.83. The van der Waals surface area contributed by atoms with E-state index in [1.54, 1.807) is 20.5 Å². The maximum atomic E-state index is 11.7. The quantitative estimate of drug-likeness (QED) is 0.302. The number of nitrogens with two attached hydrogens (primary N) is 2. The third-order valence-electron chi connectivity index (χ3n) is 1.74. The fraction of sp³-hybridized carbons (Fsp3) is 0. The number of hydrogen-bond acceptors (Lipinski definition) is 7. The lowest BCUT2D eigenvalue weighted by Gasteiger charge is -2.04. The van der Waals surface area contributed by atoms with E-state index in [-0.39, 0.29) is 0 Å². The van der Waals surface area contributed by atoms with Crippen LogP contribution < -0.4 is 32.0 Å². The predicted octanol–water partition coefficient (Wildman–Crippen LogP) is -2.53. The van der Waals surface area contributed by atoms with Crippen LogP contribution in [0.4, 0.5) is 9.59 Å². The molecule has 15 heteroatoms. The van der Waals surface area contributed by atoms with E-state index in [0.29, 0.717) is 11.3 Å². The zero-order valence-corrected chi connectivity index (χ0v) is 12.4. The van der Waals surface area contributed by atoms with Crippen molar-refractivity contribution in [1.82, 2.24) is 20.5 Å². The fourth-order valence-electron chi connectivity index (χ4n) is 0.926. The van der Waals surface area contributed by atoms with Crippen molar-refractivity contribution >= 4 is 43.4 Å². The van der Waals surface area contributed by atoms with Gasteiger partial charge in [0.1, 0.15) is 4.21 Å². The van der Waals surface area contributed by atoms with Gasteiger partial charge in [0.25, 0.3) is 20.0 Å². The number of rotatable bonds is 6. The highest BCUT2D eigenvalue weighted by Crippen LogP contribution is 2.22. The summed E-state index contributed by atoms with van der Waals surface area (Å²) >= 11 is 0.564. The van der Waals surface area contributed by atoms with Crippen molar-refractivity contribution < 1.29 is 26.4 Å². The molecule has 1 aromatic rings. The highest BCUT2D eigenvalue weighted by molar-refractivity contribution is 7.92. The Morgan fingerprint density at radius 1 is 0.952 bits per heavy atom. The molecule has 0 saturated carbocycles. The lowest BCUT2D eigenvalue weighted by atomic mass is 10.7. The molecule has 0 unspecified atom stereocenters. The second-order valence-electron chi connectivity index (χ2n) is 3.29. The van der Waals surface area contributed by atoms with Crippen LogP contribution >= 0.6 is 11.3 Å². The molecule has 1 heterocycles. The van der Waals surface area contributed by atoms with Gasteiger partial charge in [-0.3, -0.25) is 10.9 Å². The minimum atomic E-state index is -4.18. The average Bonchev–Trinajstić information content (AvgIpc) is 2.85. The highest BCUT2D eigenvalue weighted by atomic mass is 32.2. The van der Waals surface area contributed by atoms with Gasteiger partial charge in [-0.05, 0) is 6.07 Å². The summed E-state index contributed by atoms with van der Waals surface area (Å²) in [4.78, 5) is 23.7. The molecule has 0 aromatic carbocycles. The molecule has 0 aliphatic carbocycles. The molecule has 118 valence electrons. The van der Waals surface area contributed by atoms with Gasteiger partial charge in [-0.1, -0.05) is 0 Å². The van der Waals surface area contributed by atoms with Gasteiger partial charge in [-0.15, -0.1) is 21.0 Å². The topological polar surface area (TPSA) is 203 Å². The normalized spacial score (nSPS) is 11.8. The molecule has 21 heavy (non-hydrogen) atoms. The van der Waals surface area contributed by atoms with Gasteiger partial charge < -0.3 is 11.5 Å². The maximum Gasteiger partial charge on any atom is 0.327 e.